The molecule has 1 aromatic carbocycles. The van der Waals surface area contributed by atoms with Gasteiger partial charge in [0.05, 0.1) is 6.54 Å². The van der Waals surface area contributed by atoms with Crippen LogP contribution in [0, 0.1) is 6.92 Å². The largest absolute Gasteiger partial charge is 0.398 e. The number of nitrogens with zero attached hydrogens (tertiary/aromatic N) is 1. The SMILES string of the molecule is Cc1c(N)cccc1NC(=O)CN1CCSC(C)C1C. The van der Waals surface area contributed by atoms with E-state index >= 15 is 0 Å². The van der Waals surface area contributed by atoms with E-state index in [0.717, 1.165) is 23.5 Å². The van der Waals surface area contributed by atoms with Crippen LogP contribution in [0.25, 0.3) is 0 Å². The molecule has 0 bridgehead atoms. The fraction of sp³-hybridized carbons (Fsp3) is 0.533. The second-order valence-electron chi connectivity index (χ2n) is 5.35. The van der Waals surface area contributed by atoms with Crippen molar-refractivity contribution in [1.29, 1.82) is 0 Å². The van der Waals surface area contributed by atoms with Crippen molar-refractivity contribution in [1.82, 2.24) is 4.90 Å². The maximum absolute atomic E-state index is 12.2. The zero-order valence-corrected chi connectivity index (χ0v) is 13.2. The van der Waals surface area contributed by atoms with Crippen LogP contribution in [0.4, 0.5) is 11.4 Å². The van der Waals surface area contributed by atoms with Crippen molar-refractivity contribution in [3.63, 3.8) is 0 Å². The lowest BCUT2D eigenvalue weighted by atomic mass is 10.1. The number of anilines is 2. The minimum Gasteiger partial charge on any atom is -0.398 e. The number of carbonyl (C=O) groups is 1. The highest BCUT2D eigenvalue weighted by Crippen LogP contribution is 2.24. The van der Waals surface area contributed by atoms with Crippen LogP contribution in [0.2, 0.25) is 0 Å². The van der Waals surface area contributed by atoms with Crippen molar-refractivity contribution in [2.75, 3.05) is 29.9 Å². The van der Waals surface area contributed by atoms with Crippen LogP contribution in [0.3, 0.4) is 0 Å². The number of nitrogens with one attached hydrogen (secondary N) is 1. The highest BCUT2D eigenvalue weighted by Gasteiger charge is 2.26. The van der Waals surface area contributed by atoms with E-state index in [0.29, 0.717) is 23.5 Å². The molecule has 2 atom stereocenters. The minimum absolute atomic E-state index is 0.0321. The average molecular weight is 293 g/mol. The van der Waals surface area contributed by atoms with E-state index in [1.807, 2.05) is 36.9 Å². The van der Waals surface area contributed by atoms with Crippen LogP contribution in [0.5, 0.6) is 0 Å². The maximum atomic E-state index is 12.2. The monoisotopic (exact) mass is 293 g/mol. The molecule has 1 amide bonds. The number of amides is 1. The van der Waals surface area contributed by atoms with Gasteiger partial charge in [-0.15, -0.1) is 0 Å². The number of thioether (sulfide) groups is 1. The minimum atomic E-state index is 0.0321. The van der Waals surface area contributed by atoms with Crippen LogP contribution in [-0.2, 0) is 4.79 Å². The molecule has 1 aliphatic rings. The number of hydrogen-bond donors (Lipinski definition) is 2. The fourth-order valence-corrected chi connectivity index (χ4v) is 3.54. The van der Waals surface area contributed by atoms with Gasteiger partial charge >= 0.3 is 0 Å². The summed E-state index contributed by atoms with van der Waals surface area (Å²) in [6.07, 6.45) is 0. The summed E-state index contributed by atoms with van der Waals surface area (Å²) in [5, 5.41) is 3.54. The van der Waals surface area contributed by atoms with Crippen LogP contribution >= 0.6 is 11.8 Å². The molecule has 1 heterocycles. The highest BCUT2D eigenvalue weighted by atomic mass is 32.2. The second-order valence-corrected chi connectivity index (χ2v) is 6.84. The Hall–Kier alpha value is -1.20. The summed E-state index contributed by atoms with van der Waals surface area (Å²) >= 11 is 1.98. The Labute approximate surface area is 125 Å². The van der Waals surface area contributed by atoms with Gasteiger partial charge in [0, 0.05) is 35.0 Å². The molecule has 0 aliphatic carbocycles. The van der Waals surface area contributed by atoms with E-state index in [1.54, 1.807) is 0 Å². The van der Waals surface area contributed by atoms with Crippen molar-refractivity contribution in [2.45, 2.75) is 32.1 Å². The van der Waals surface area contributed by atoms with Gasteiger partial charge in [-0.05, 0) is 31.5 Å². The lowest BCUT2D eigenvalue weighted by Crippen LogP contribution is -2.47. The van der Waals surface area contributed by atoms with E-state index in [1.165, 1.54) is 0 Å². The Morgan fingerprint density at radius 3 is 3.00 bits per heavy atom. The van der Waals surface area contributed by atoms with Crippen molar-refractivity contribution in [2.24, 2.45) is 0 Å². The molecule has 0 aromatic heterocycles. The van der Waals surface area contributed by atoms with Gasteiger partial charge in [-0.25, -0.2) is 0 Å². The Balaban J connectivity index is 1.97. The molecule has 20 heavy (non-hydrogen) atoms. The number of benzene rings is 1. The number of nitrogen functional groups attached to an aromatic ring is 1. The van der Waals surface area contributed by atoms with E-state index in [9.17, 15) is 4.79 Å². The first-order chi connectivity index (χ1) is 9.49. The zero-order valence-electron chi connectivity index (χ0n) is 12.3. The first-order valence-electron chi connectivity index (χ1n) is 6.99. The van der Waals surface area contributed by atoms with E-state index in [2.05, 4.69) is 24.1 Å². The third-order valence-electron chi connectivity index (χ3n) is 4.01. The molecule has 2 rings (SSSR count). The smallest absolute Gasteiger partial charge is 0.238 e. The Morgan fingerprint density at radius 1 is 1.50 bits per heavy atom. The number of rotatable bonds is 3. The lowest BCUT2D eigenvalue weighted by molar-refractivity contribution is -0.117. The molecule has 0 saturated carbocycles. The molecule has 3 N–H and O–H groups in total. The molecule has 1 fully saturated rings. The molecule has 0 radical (unpaired) electrons. The Kier molecular flexibility index (Phi) is 4.94. The van der Waals surface area contributed by atoms with Gasteiger partial charge in [-0.2, -0.15) is 11.8 Å². The second kappa shape index (κ2) is 6.50. The maximum Gasteiger partial charge on any atom is 0.238 e. The van der Waals surface area contributed by atoms with Crippen LogP contribution in [0.15, 0.2) is 18.2 Å². The van der Waals surface area contributed by atoms with Gasteiger partial charge in [0.2, 0.25) is 5.91 Å². The van der Waals surface area contributed by atoms with Crippen LogP contribution in [0.1, 0.15) is 19.4 Å². The summed E-state index contributed by atoms with van der Waals surface area (Å²) in [5.74, 6) is 1.13. The van der Waals surface area contributed by atoms with Gasteiger partial charge in [0.1, 0.15) is 0 Å². The van der Waals surface area contributed by atoms with E-state index in [4.69, 9.17) is 5.73 Å². The van der Waals surface area contributed by atoms with E-state index < -0.39 is 0 Å². The van der Waals surface area contributed by atoms with Crippen molar-refractivity contribution in [3.05, 3.63) is 23.8 Å². The normalized spacial score (nSPS) is 23.6. The number of nitrogens with two attached hydrogens (primary N) is 1. The zero-order chi connectivity index (χ0) is 14.7. The van der Waals surface area contributed by atoms with Crippen LogP contribution in [-0.4, -0.2) is 40.9 Å². The number of hydrogen-bond acceptors (Lipinski definition) is 4. The molecular weight excluding hydrogens is 270 g/mol. The summed E-state index contributed by atoms with van der Waals surface area (Å²) in [5.41, 5.74) is 8.30. The molecule has 1 saturated heterocycles. The first kappa shape index (κ1) is 15.2. The Morgan fingerprint density at radius 2 is 2.25 bits per heavy atom. The summed E-state index contributed by atoms with van der Waals surface area (Å²) < 4.78 is 0. The van der Waals surface area contributed by atoms with Gasteiger partial charge in [-0.1, -0.05) is 13.0 Å². The molecule has 4 nitrogen and oxygen atoms in total. The molecule has 5 heteroatoms. The summed E-state index contributed by atoms with van der Waals surface area (Å²) in [6.45, 7) is 7.75. The topological polar surface area (TPSA) is 58.4 Å². The standard InChI is InChI=1S/C15H23N3OS/c1-10-13(16)5-4-6-14(10)17-15(19)9-18-7-8-20-12(3)11(18)2/h4-6,11-12H,7-9,16H2,1-3H3,(H,17,19). The molecule has 1 aromatic rings. The van der Waals surface area contributed by atoms with Crippen LogP contribution < -0.4 is 11.1 Å². The molecule has 1 aliphatic heterocycles. The highest BCUT2D eigenvalue weighted by molar-refractivity contribution is 8.00. The van der Waals surface area contributed by atoms with Crippen molar-refractivity contribution >= 4 is 29.0 Å². The third-order valence-corrected chi connectivity index (χ3v) is 5.35. The first-order valence-corrected chi connectivity index (χ1v) is 8.04. The van der Waals surface area contributed by atoms with Gasteiger partial charge < -0.3 is 11.1 Å². The molecular formula is C15H23N3OS. The van der Waals surface area contributed by atoms with Gasteiger partial charge in [-0.3, -0.25) is 9.69 Å². The summed E-state index contributed by atoms with van der Waals surface area (Å²) in [4.78, 5) is 14.4. The molecule has 110 valence electrons. The molecule has 2 unspecified atom stereocenters. The summed E-state index contributed by atoms with van der Waals surface area (Å²) in [7, 11) is 0. The quantitative estimate of drug-likeness (QED) is 0.840. The van der Waals surface area contributed by atoms with E-state index in [-0.39, 0.29) is 5.91 Å². The fourth-order valence-electron chi connectivity index (χ4n) is 2.38. The lowest BCUT2D eigenvalue weighted by Gasteiger charge is -2.36. The van der Waals surface area contributed by atoms with Gasteiger partial charge in [0.15, 0.2) is 0 Å². The van der Waals surface area contributed by atoms with Gasteiger partial charge in [0.25, 0.3) is 0 Å². The van der Waals surface area contributed by atoms with Crippen molar-refractivity contribution in [3.8, 4) is 0 Å². The Bertz CT molecular complexity index is 492. The average Bonchev–Trinajstić information content (AvgIpc) is 2.40. The van der Waals surface area contributed by atoms with Crippen molar-refractivity contribution < 1.29 is 4.79 Å². The third kappa shape index (κ3) is 3.46. The predicted molar refractivity (Wildman–Crippen MR) is 87.2 cm³/mol. The molecule has 0 spiro atoms. The predicted octanol–water partition coefficient (Wildman–Crippen LogP) is 2.34. The summed E-state index contributed by atoms with van der Waals surface area (Å²) in [6, 6.07) is 6.03. The number of carbonyl (C=O) groups excluding carboxylic acids is 1.